The molecule has 0 saturated carbocycles. The van der Waals surface area contributed by atoms with Gasteiger partial charge in [-0.15, -0.1) is 0 Å². The van der Waals surface area contributed by atoms with Gasteiger partial charge in [0.25, 0.3) is 11.8 Å². The number of carbonyl (C=O) groups excluding carboxylic acids is 2. The number of halogens is 1. The second kappa shape index (κ2) is 10.5. The zero-order valence-electron chi connectivity index (χ0n) is 17.5. The molecule has 0 radical (unpaired) electrons. The number of aromatic amines is 1. The third kappa shape index (κ3) is 6.12. The highest BCUT2D eigenvalue weighted by molar-refractivity contribution is 5.94. The fraction of sp³-hybridized carbons (Fsp3) is 0.208. The molecule has 3 rings (SSSR count). The molecule has 8 heteroatoms. The first-order valence-corrected chi connectivity index (χ1v) is 10.1. The number of aryl methyl sites for hydroxylation is 1. The average molecular weight is 437 g/mol. The number of amides is 2. The summed E-state index contributed by atoms with van der Waals surface area (Å²) in [7, 11) is 0. The molecule has 1 unspecified atom stereocenters. The second-order valence-electron chi connectivity index (χ2n) is 7.44. The van der Waals surface area contributed by atoms with Crippen LogP contribution in [0, 0.1) is 12.7 Å². The number of rotatable bonds is 8. The number of aliphatic hydroxyl groups excluding tert-OH is 1. The van der Waals surface area contributed by atoms with Crippen LogP contribution >= 0.6 is 0 Å². The van der Waals surface area contributed by atoms with Gasteiger partial charge < -0.3 is 20.7 Å². The first-order chi connectivity index (χ1) is 15.3. The van der Waals surface area contributed by atoms with E-state index >= 15 is 0 Å². The molecule has 0 spiro atoms. The lowest BCUT2D eigenvalue weighted by atomic mass is 10.00. The van der Waals surface area contributed by atoms with Crippen molar-refractivity contribution in [2.75, 3.05) is 0 Å². The first kappa shape index (κ1) is 22.9. The Balaban J connectivity index is 1.75. The molecule has 0 aliphatic rings. The van der Waals surface area contributed by atoms with Crippen LogP contribution < -0.4 is 16.2 Å². The van der Waals surface area contributed by atoms with Crippen molar-refractivity contribution in [3.63, 3.8) is 0 Å². The lowest BCUT2D eigenvalue weighted by molar-refractivity contribution is -0.130. The lowest BCUT2D eigenvalue weighted by Gasteiger charge is -2.24. The molecule has 0 aliphatic heterocycles. The van der Waals surface area contributed by atoms with Gasteiger partial charge in [0.2, 0.25) is 5.56 Å². The SMILES string of the molecule is Cc1ccc(=O)[nH]c1C(=O)N[C@@H](Cc1ccccc1)C(O)C(=O)NCc1ccc(F)cc1. The van der Waals surface area contributed by atoms with Gasteiger partial charge in [-0.05, 0) is 42.2 Å². The van der Waals surface area contributed by atoms with Crippen LogP contribution in [0.2, 0.25) is 0 Å². The summed E-state index contributed by atoms with van der Waals surface area (Å²) in [6.45, 7) is 1.76. The van der Waals surface area contributed by atoms with Crippen LogP contribution in [0.4, 0.5) is 4.39 Å². The van der Waals surface area contributed by atoms with Gasteiger partial charge in [0, 0.05) is 12.6 Å². The molecule has 32 heavy (non-hydrogen) atoms. The monoisotopic (exact) mass is 437 g/mol. The summed E-state index contributed by atoms with van der Waals surface area (Å²) in [4.78, 5) is 39.5. The maximum Gasteiger partial charge on any atom is 0.268 e. The number of hydrogen-bond donors (Lipinski definition) is 4. The lowest BCUT2D eigenvalue weighted by Crippen LogP contribution is -2.51. The molecule has 2 aromatic carbocycles. The van der Waals surface area contributed by atoms with Crippen molar-refractivity contribution >= 4 is 11.8 Å². The highest BCUT2D eigenvalue weighted by Gasteiger charge is 2.28. The van der Waals surface area contributed by atoms with Gasteiger partial charge in [-0.1, -0.05) is 48.5 Å². The summed E-state index contributed by atoms with van der Waals surface area (Å²) in [6, 6.07) is 16.6. The molecule has 0 bridgehead atoms. The summed E-state index contributed by atoms with van der Waals surface area (Å²) < 4.78 is 13.1. The predicted molar refractivity (Wildman–Crippen MR) is 117 cm³/mol. The average Bonchev–Trinajstić information content (AvgIpc) is 2.79. The van der Waals surface area contributed by atoms with Gasteiger partial charge in [0.15, 0.2) is 6.10 Å². The van der Waals surface area contributed by atoms with Crippen molar-refractivity contribution in [1.82, 2.24) is 15.6 Å². The molecule has 1 aromatic heterocycles. The Morgan fingerprint density at radius 3 is 2.38 bits per heavy atom. The number of pyridine rings is 1. The van der Waals surface area contributed by atoms with Crippen molar-refractivity contribution in [2.45, 2.75) is 32.0 Å². The van der Waals surface area contributed by atoms with E-state index in [9.17, 15) is 23.9 Å². The van der Waals surface area contributed by atoms with Crippen LogP contribution in [0.1, 0.15) is 27.2 Å². The summed E-state index contributed by atoms with van der Waals surface area (Å²) in [5, 5.41) is 16.0. The maximum absolute atomic E-state index is 13.1. The number of H-pyrrole nitrogens is 1. The van der Waals surface area contributed by atoms with E-state index in [0.717, 1.165) is 5.56 Å². The van der Waals surface area contributed by atoms with Crippen LogP contribution in [0.25, 0.3) is 0 Å². The zero-order chi connectivity index (χ0) is 23.1. The number of aliphatic hydroxyl groups is 1. The van der Waals surface area contributed by atoms with Crippen molar-refractivity contribution in [3.8, 4) is 0 Å². The normalized spacial score (nSPS) is 12.6. The second-order valence-corrected chi connectivity index (χ2v) is 7.44. The minimum atomic E-state index is -1.56. The third-order valence-electron chi connectivity index (χ3n) is 5.00. The molecule has 2 amide bonds. The van der Waals surface area contributed by atoms with Crippen molar-refractivity contribution in [3.05, 3.63) is 105 Å². The number of hydrogen-bond acceptors (Lipinski definition) is 4. The van der Waals surface area contributed by atoms with Crippen molar-refractivity contribution in [1.29, 1.82) is 0 Å². The molecule has 166 valence electrons. The Labute approximate surface area is 184 Å². The summed E-state index contributed by atoms with van der Waals surface area (Å²) in [5.74, 6) is -1.68. The highest BCUT2D eigenvalue weighted by atomic mass is 19.1. The molecule has 4 N–H and O–H groups in total. The summed E-state index contributed by atoms with van der Waals surface area (Å²) in [6.07, 6.45) is -1.37. The van der Waals surface area contributed by atoms with Gasteiger partial charge in [-0.2, -0.15) is 0 Å². The van der Waals surface area contributed by atoms with Crippen LogP contribution in [0.3, 0.4) is 0 Å². The van der Waals surface area contributed by atoms with E-state index < -0.39 is 29.5 Å². The van der Waals surface area contributed by atoms with E-state index in [0.29, 0.717) is 11.1 Å². The smallest absolute Gasteiger partial charge is 0.268 e. The van der Waals surface area contributed by atoms with Crippen LogP contribution in [0.5, 0.6) is 0 Å². The van der Waals surface area contributed by atoms with E-state index in [2.05, 4.69) is 15.6 Å². The zero-order valence-corrected chi connectivity index (χ0v) is 17.5. The van der Waals surface area contributed by atoms with E-state index in [1.807, 2.05) is 30.3 Å². The standard InChI is InChI=1S/C24H24FN3O4/c1-15-7-12-20(29)28-21(15)23(31)27-19(13-16-5-3-2-4-6-16)22(30)24(32)26-14-17-8-10-18(25)11-9-17/h2-12,19,22,30H,13-14H2,1H3,(H,26,32)(H,27,31)(H,28,29)/t19-,22?/m0/s1. The van der Waals surface area contributed by atoms with Crippen LogP contribution in [0.15, 0.2) is 71.5 Å². The number of aromatic nitrogens is 1. The number of carbonyl (C=O) groups is 2. The number of nitrogens with one attached hydrogen (secondary N) is 3. The number of benzene rings is 2. The van der Waals surface area contributed by atoms with Gasteiger partial charge in [0.1, 0.15) is 11.5 Å². The van der Waals surface area contributed by atoms with Gasteiger partial charge in [-0.25, -0.2) is 4.39 Å². The van der Waals surface area contributed by atoms with Crippen LogP contribution in [-0.4, -0.2) is 34.1 Å². The summed E-state index contributed by atoms with van der Waals surface area (Å²) >= 11 is 0. The molecule has 0 saturated heterocycles. The topological polar surface area (TPSA) is 111 Å². The van der Waals surface area contributed by atoms with Gasteiger partial charge in [0.05, 0.1) is 6.04 Å². The van der Waals surface area contributed by atoms with Crippen molar-refractivity contribution < 1.29 is 19.1 Å². The molecule has 3 aromatic rings. The minimum Gasteiger partial charge on any atom is -0.381 e. The molecular formula is C24H24FN3O4. The molecule has 7 nitrogen and oxygen atoms in total. The molecule has 0 aliphatic carbocycles. The Morgan fingerprint density at radius 1 is 1.00 bits per heavy atom. The van der Waals surface area contributed by atoms with E-state index in [1.165, 1.54) is 36.4 Å². The molecule has 2 atom stereocenters. The van der Waals surface area contributed by atoms with E-state index in [-0.39, 0.29) is 24.5 Å². The van der Waals surface area contributed by atoms with Gasteiger partial charge in [-0.3, -0.25) is 14.4 Å². The maximum atomic E-state index is 13.1. The largest absolute Gasteiger partial charge is 0.381 e. The Morgan fingerprint density at radius 2 is 1.69 bits per heavy atom. The highest BCUT2D eigenvalue weighted by Crippen LogP contribution is 2.10. The van der Waals surface area contributed by atoms with Crippen LogP contribution in [-0.2, 0) is 17.8 Å². The fourth-order valence-electron chi connectivity index (χ4n) is 3.21. The third-order valence-corrected chi connectivity index (χ3v) is 5.00. The predicted octanol–water partition coefficient (Wildman–Crippen LogP) is 1.84. The minimum absolute atomic E-state index is 0.0643. The quantitative estimate of drug-likeness (QED) is 0.431. The molecule has 0 fully saturated rings. The first-order valence-electron chi connectivity index (χ1n) is 10.1. The Hall–Kier alpha value is -3.78. The summed E-state index contributed by atoms with van der Waals surface area (Å²) in [5.41, 5.74) is 1.65. The van der Waals surface area contributed by atoms with Gasteiger partial charge >= 0.3 is 0 Å². The Kier molecular flexibility index (Phi) is 7.51. The Bertz CT molecular complexity index is 1130. The van der Waals surface area contributed by atoms with E-state index in [4.69, 9.17) is 0 Å². The molecular weight excluding hydrogens is 413 g/mol. The molecule has 1 heterocycles. The van der Waals surface area contributed by atoms with Crippen molar-refractivity contribution in [2.24, 2.45) is 0 Å². The fourth-order valence-corrected chi connectivity index (χ4v) is 3.21. The van der Waals surface area contributed by atoms with E-state index in [1.54, 1.807) is 6.92 Å².